The van der Waals surface area contributed by atoms with Gasteiger partial charge < -0.3 is 11.1 Å². The molecule has 0 radical (unpaired) electrons. The van der Waals surface area contributed by atoms with Crippen LogP contribution in [0.5, 0.6) is 0 Å². The Balaban J connectivity index is 0.00000147. The number of anilines is 1. The van der Waals surface area contributed by atoms with Gasteiger partial charge in [-0.1, -0.05) is 6.07 Å². The molecule has 0 heterocycles. The fraction of sp³-hybridized carbons (Fsp3) is 0.533. The van der Waals surface area contributed by atoms with Gasteiger partial charge in [0.25, 0.3) is 0 Å². The first-order valence-corrected chi connectivity index (χ1v) is 8.12. The molecular weight excluding hydrogens is 292 g/mol. The second-order valence-electron chi connectivity index (χ2n) is 5.66. The molecule has 3 rings (SSSR count). The minimum atomic E-state index is 0. The molecule has 5 heteroatoms. The minimum absolute atomic E-state index is 0. The van der Waals surface area contributed by atoms with E-state index in [1.54, 1.807) is 11.8 Å². The number of hydrogen-bond donors (Lipinski definition) is 2. The van der Waals surface area contributed by atoms with Gasteiger partial charge >= 0.3 is 0 Å². The number of hydrogen-bond acceptors (Lipinski definition) is 3. The molecule has 0 aliphatic heterocycles. The number of fused-ring (bicyclic) bond motifs is 2. The molecule has 2 bridgehead atoms. The fourth-order valence-electron chi connectivity index (χ4n) is 3.65. The molecule has 1 aromatic rings. The Morgan fingerprint density at radius 3 is 2.75 bits per heavy atom. The van der Waals surface area contributed by atoms with Crippen LogP contribution in [0.1, 0.15) is 19.3 Å². The van der Waals surface area contributed by atoms with Crippen molar-refractivity contribution in [1.82, 2.24) is 0 Å². The van der Waals surface area contributed by atoms with E-state index in [1.165, 1.54) is 12.8 Å². The summed E-state index contributed by atoms with van der Waals surface area (Å²) >= 11 is 1.68. The maximum absolute atomic E-state index is 12.4. The van der Waals surface area contributed by atoms with Crippen molar-refractivity contribution in [2.24, 2.45) is 23.5 Å². The molecule has 1 amide bonds. The summed E-state index contributed by atoms with van der Waals surface area (Å²) in [6.45, 7) is 0. The van der Waals surface area contributed by atoms with E-state index in [0.29, 0.717) is 11.8 Å². The first-order chi connectivity index (χ1) is 9.19. The van der Waals surface area contributed by atoms with Crippen molar-refractivity contribution in [3.63, 3.8) is 0 Å². The van der Waals surface area contributed by atoms with E-state index in [4.69, 9.17) is 5.73 Å². The topological polar surface area (TPSA) is 55.1 Å². The van der Waals surface area contributed by atoms with Crippen LogP contribution in [0.2, 0.25) is 0 Å². The predicted molar refractivity (Wildman–Crippen MR) is 86.4 cm³/mol. The average Bonchev–Trinajstić information content (AvgIpc) is 2.99. The summed E-state index contributed by atoms with van der Waals surface area (Å²) in [5.41, 5.74) is 7.09. The molecule has 3 N–H and O–H groups in total. The van der Waals surface area contributed by atoms with Gasteiger partial charge in [0.15, 0.2) is 0 Å². The largest absolute Gasteiger partial charge is 0.327 e. The molecule has 3 nitrogen and oxygen atoms in total. The van der Waals surface area contributed by atoms with Gasteiger partial charge in [-0.2, -0.15) is 0 Å². The molecule has 2 fully saturated rings. The summed E-state index contributed by atoms with van der Waals surface area (Å²) in [4.78, 5) is 13.6. The zero-order valence-electron chi connectivity index (χ0n) is 11.5. The Bertz CT molecular complexity index is 495. The van der Waals surface area contributed by atoms with Crippen LogP contribution in [0, 0.1) is 17.8 Å². The summed E-state index contributed by atoms with van der Waals surface area (Å²) < 4.78 is 0. The van der Waals surface area contributed by atoms with Crippen molar-refractivity contribution in [3.05, 3.63) is 24.3 Å². The summed E-state index contributed by atoms with van der Waals surface area (Å²) in [6, 6.07) is 8.03. The van der Waals surface area contributed by atoms with Crippen LogP contribution in [-0.2, 0) is 4.79 Å². The Kier molecular flexibility index (Phi) is 4.99. The molecule has 0 saturated heterocycles. The van der Waals surface area contributed by atoms with Crippen molar-refractivity contribution in [2.45, 2.75) is 30.2 Å². The van der Waals surface area contributed by atoms with E-state index in [9.17, 15) is 4.79 Å². The Labute approximate surface area is 130 Å². The lowest BCUT2D eigenvalue weighted by molar-refractivity contribution is -0.121. The standard InChI is InChI=1S/C15H20N2OS.ClH/c1-19-12-4-2-3-11(8-12)17-15(18)13-9-5-6-10(7-9)14(13)16;/h2-4,8-10,13-14H,5-7,16H2,1H3,(H,17,18);1H. The monoisotopic (exact) mass is 312 g/mol. The fourth-order valence-corrected chi connectivity index (χ4v) is 4.11. The van der Waals surface area contributed by atoms with Crippen LogP contribution in [-0.4, -0.2) is 18.2 Å². The number of amides is 1. The van der Waals surface area contributed by atoms with Gasteiger partial charge in [0.1, 0.15) is 0 Å². The average molecular weight is 313 g/mol. The summed E-state index contributed by atoms with van der Waals surface area (Å²) in [5, 5.41) is 3.04. The van der Waals surface area contributed by atoms with Crippen LogP contribution in [0.4, 0.5) is 5.69 Å². The van der Waals surface area contributed by atoms with E-state index in [-0.39, 0.29) is 30.3 Å². The summed E-state index contributed by atoms with van der Waals surface area (Å²) in [7, 11) is 0. The van der Waals surface area contributed by atoms with Crippen LogP contribution in [0.25, 0.3) is 0 Å². The first kappa shape index (κ1) is 15.7. The van der Waals surface area contributed by atoms with Crippen LogP contribution >= 0.6 is 24.2 Å². The van der Waals surface area contributed by atoms with Gasteiger partial charge in [-0.05, 0) is 55.6 Å². The number of thioether (sulfide) groups is 1. The maximum Gasteiger partial charge on any atom is 0.229 e. The van der Waals surface area contributed by atoms with Crippen molar-refractivity contribution in [2.75, 3.05) is 11.6 Å². The van der Waals surface area contributed by atoms with Crippen molar-refractivity contribution in [1.29, 1.82) is 0 Å². The smallest absolute Gasteiger partial charge is 0.229 e. The van der Waals surface area contributed by atoms with Crippen molar-refractivity contribution in [3.8, 4) is 0 Å². The molecule has 2 saturated carbocycles. The molecule has 1 aromatic carbocycles. The van der Waals surface area contributed by atoms with E-state index < -0.39 is 0 Å². The Morgan fingerprint density at radius 1 is 1.35 bits per heavy atom. The Morgan fingerprint density at radius 2 is 2.10 bits per heavy atom. The quantitative estimate of drug-likeness (QED) is 0.843. The van der Waals surface area contributed by atoms with Gasteiger partial charge in [-0.3, -0.25) is 4.79 Å². The highest BCUT2D eigenvalue weighted by Gasteiger charge is 2.49. The van der Waals surface area contributed by atoms with E-state index in [2.05, 4.69) is 5.32 Å². The lowest BCUT2D eigenvalue weighted by Gasteiger charge is -2.27. The summed E-state index contributed by atoms with van der Waals surface area (Å²) in [5.74, 6) is 1.19. The van der Waals surface area contributed by atoms with E-state index in [1.807, 2.05) is 30.5 Å². The second kappa shape index (κ2) is 6.37. The lowest BCUT2D eigenvalue weighted by atomic mass is 9.84. The minimum Gasteiger partial charge on any atom is -0.327 e. The van der Waals surface area contributed by atoms with Crippen LogP contribution in [0.15, 0.2) is 29.2 Å². The second-order valence-corrected chi connectivity index (χ2v) is 6.54. The molecule has 4 unspecified atom stereocenters. The number of nitrogens with one attached hydrogen (secondary N) is 1. The van der Waals surface area contributed by atoms with Crippen LogP contribution in [0.3, 0.4) is 0 Å². The van der Waals surface area contributed by atoms with Gasteiger partial charge in [0.2, 0.25) is 5.91 Å². The first-order valence-electron chi connectivity index (χ1n) is 6.89. The molecule has 2 aliphatic rings. The van der Waals surface area contributed by atoms with Crippen LogP contribution < -0.4 is 11.1 Å². The number of carbonyl (C=O) groups excluding carboxylic acids is 1. The number of rotatable bonds is 3. The molecular formula is C15H21ClN2OS. The van der Waals surface area contributed by atoms with Gasteiger partial charge in [0, 0.05) is 16.6 Å². The molecule has 20 heavy (non-hydrogen) atoms. The highest BCUT2D eigenvalue weighted by Crippen LogP contribution is 2.47. The number of benzene rings is 1. The molecule has 0 aromatic heterocycles. The molecule has 110 valence electrons. The van der Waals surface area contributed by atoms with E-state index >= 15 is 0 Å². The Hall–Kier alpha value is -0.710. The number of halogens is 1. The highest BCUT2D eigenvalue weighted by molar-refractivity contribution is 7.98. The lowest BCUT2D eigenvalue weighted by Crippen LogP contribution is -2.42. The predicted octanol–water partition coefficient (Wildman–Crippen LogP) is 3.14. The third-order valence-corrected chi connectivity index (χ3v) is 5.35. The van der Waals surface area contributed by atoms with Crippen molar-refractivity contribution >= 4 is 35.8 Å². The molecule has 0 spiro atoms. The molecule has 2 aliphatic carbocycles. The normalized spacial score (nSPS) is 30.9. The van der Waals surface area contributed by atoms with E-state index in [0.717, 1.165) is 17.0 Å². The third-order valence-electron chi connectivity index (χ3n) is 4.62. The van der Waals surface area contributed by atoms with Crippen molar-refractivity contribution < 1.29 is 4.79 Å². The van der Waals surface area contributed by atoms with Gasteiger partial charge in [-0.25, -0.2) is 0 Å². The number of nitrogens with two attached hydrogens (primary N) is 1. The highest BCUT2D eigenvalue weighted by atomic mass is 35.5. The number of carbonyl (C=O) groups is 1. The third kappa shape index (κ3) is 2.83. The SMILES string of the molecule is CSc1cccc(NC(=O)C2C3CCC(C3)C2N)c1.Cl. The van der Waals surface area contributed by atoms with Gasteiger partial charge in [-0.15, -0.1) is 24.2 Å². The maximum atomic E-state index is 12.4. The summed E-state index contributed by atoms with van der Waals surface area (Å²) in [6.07, 6.45) is 5.55. The zero-order valence-corrected chi connectivity index (χ0v) is 13.2. The van der Waals surface area contributed by atoms with Gasteiger partial charge in [0.05, 0.1) is 5.92 Å². The zero-order chi connectivity index (χ0) is 13.4. The molecule has 4 atom stereocenters.